The van der Waals surface area contributed by atoms with E-state index in [0.717, 1.165) is 55.6 Å². The zero-order valence-corrected chi connectivity index (χ0v) is 18.3. The molecule has 0 bridgehead atoms. The second-order valence-corrected chi connectivity index (χ2v) is 8.56. The number of para-hydroxylation sites is 1. The molecule has 1 N–H and O–H groups in total. The van der Waals surface area contributed by atoms with E-state index in [4.69, 9.17) is 0 Å². The molecule has 4 nitrogen and oxygen atoms in total. The molecule has 0 spiro atoms. The Morgan fingerprint density at radius 2 is 1.34 bits per heavy atom. The third-order valence-electron chi connectivity index (χ3n) is 6.54. The summed E-state index contributed by atoms with van der Waals surface area (Å²) in [5.74, 6) is 0. The lowest BCUT2D eigenvalue weighted by atomic mass is 9.96. The van der Waals surface area contributed by atoms with Crippen molar-refractivity contribution in [1.82, 2.24) is 14.8 Å². The number of fused-ring (bicyclic) bond motifs is 1. The molecule has 0 atom stereocenters. The van der Waals surface area contributed by atoms with Gasteiger partial charge in [-0.05, 0) is 29.2 Å². The minimum atomic E-state index is -0.0166. The van der Waals surface area contributed by atoms with Crippen LogP contribution in [0.5, 0.6) is 0 Å². The van der Waals surface area contributed by atoms with Crippen LogP contribution < -0.4 is 5.56 Å². The molecular weight excluding hydrogens is 394 g/mol. The first-order valence-electron chi connectivity index (χ1n) is 11.5. The molecule has 0 aliphatic carbocycles. The van der Waals surface area contributed by atoms with E-state index in [-0.39, 0.29) is 11.6 Å². The average Bonchev–Trinajstić information content (AvgIpc) is 2.85. The molecule has 32 heavy (non-hydrogen) atoms. The standard InChI is InChI=1S/C28H29N3O/c32-27-21-24(25-13-7-8-14-26(25)29-27)15-16-30-17-19-31(20-18-30)28(22-9-3-1-4-10-22)23-11-5-2-6-12-23/h1-14,21,28H,15-20H2,(H,29,32). The minimum absolute atomic E-state index is 0.0166. The molecule has 1 aliphatic heterocycles. The van der Waals surface area contributed by atoms with Crippen LogP contribution in [-0.2, 0) is 6.42 Å². The highest BCUT2D eigenvalue weighted by Crippen LogP contribution is 2.29. The van der Waals surface area contributed by atoms with Crippen molar-refractivity contribution in [3.8, 4) is 0 Å². The number of piperazine rings is 1. The van der Waals surface area contributed by atoms with Gasteiger partial charge in [-0.25, -0.2) is 0 Å². The van der Waals surface area contributed by atoms with Crippen LogP contribution in [0.15, 0.2) is 95.8 Å². The molecule has 0 saturated carbocycles. The van der Waals surface area contributed by atoms with Gasteiger partial charge in [0, 0.05) is 49.7 Å². The number of aromatic amines is 1. The summed E-state index contributed by atoms with van der Waals surface area (Å²) >= 11 is 0. The van der Waals surface area contributed by atoms with E-state index in [2.05, 4.69) is 81.5 Å². The minimum Gasteiger partial charge on any atom is -0.322 e. The van der Waals surface area contributed by atoms with Crippen LogP contribution in [0, 0.1) is 0 Å². The summed E-state index contributed by atoms with van der Waals surface area (Å²) in [4.78, 5) is 20.1. The number of nitrogens with zero attached hydrogens (tertiary/aromatic N) is 2. The number of hydrogen-bond acceptors (Lipinski definition) is 3. The maximum absolute atomic E-state index is 12.1. The quantitative estimate of drug-likeness (QED) is 0.497. The predicted octanol–water partition coefficient (Wildman–Crippen LogP) is 4.48. The van der Waals surface area contributed by atoms with Crippen molar-refractivity contribution in [3.63, 3.8) is 0 Å². The normalized spacial score (nSPS) is 15.4. The van der Waals surface area contributed by atoms with Crippen molar-refractivity contribution in [3.05, 3.63) is 118 Å². The molecule has 162 valence electrons. The summed E-state index contributed by atoms with van der Waals surface area (Å²) in [7, 11) is 0. The SMILES string of the molecule is O=c1cc(CCN2CCN(C(c3ccccc3)c3ccccc3)CC2)c2ccccc2[nH]1. The lowest BCUT2D eigenvalue weighted by molar-refractivity contribution is 0.110. The van der Waals surface area contributed by atoms with Crippen molar-refractivity contribution in [2.75, 3.05) is 32.7 Å². The van der Waals surface area contributed by atoms with E-state index in [1.807, 2.05) is 18.2 Å². The van der Waals surface area contributed by atoms with Gasteiger partial charge in [-0.3, -0.25) is 9.69 Å². The highest BCUT2D eigenvalue weighted by molar-refractivity contribution is 5.81. The van der Waals surface area contributed by atoms with Crippen LogP contribution in [0.2, 0.25) is 0 Å². The fourth-order valence-electron chi connectivity index (χ4n) is 4.89. The van der Waals surface area contributed by atoms with E-state index < -0.39 is 0 Å². The third kappa shape index (κ3) is 4.52. The molecular formula is C28H29N3O. The summed E-state index contributed by atoms with van der Waals surface area (Å²) in [6.07, 6.45) is 0.894. The van der Waals surface area contributed by atoms with Gasteiger partial charge >= 0.3 is 0 Å². The fourth-order valence-corrected chi connectivity index (χ4v) is 4.89. The Morgan fingerprint density at radius 1 is 0.750 bits per heavy atom. The van der Waals surface area contributed by atoms with E-state index in [0.29, 0.717) is 0 Å². The molecule has 0 amide bonds. The molecule has 1 aliphatic rings. The monoisotopic (exact) mass is 423 g/mol. The van der Waals surface area contributed by atoms with Crippen LogP contribution in [0.3, 0.4) is 0 Å². The number of rotatable bonds is 6. The molecule has 0 unspecified atom stereocenters. The second kappa shape index (κ2) is 9.51. The smallest absolute Gasteiger partial charge is 0.248 e. The van der Waals surface area contributed by atoms with Crippen LogP contribution >= 0.6 is 0 Å². The van der Waals surface area contributed by atoms with Crippen LogP contribution in [0.4, 0.5) is 0 Å². The van der Waals surface area contributed by atoms with Crippen molar-refractivity contribution < 1.29 is 0 Å². The van der Waals surface area contributed by atoms with Gasteiger partial charge in [0.1, 0.15) is 0 Å². The number of nitrogens with one attached hydrogen (secondary N) is 1. The number of H-pyrrole nitrogens is 1. The van der Waals surface area contributed by atoms with Crippen molar-refractivity contribution in [2.24, 2.45) is 0 Å². The van der Waals surface area contributed by atoms with Gasteiger partial charge in [-0.15, -0.1) is 0 Å². The topological polar surface area (TPSA) is 39.3 Å². The zero-order chi connectivity index (χ0) is 21.8. The Kier molecular flexibility index (Phi) is 6.15. The Labute approximate surface area is 189 Å². The lowest BCUT2D eigenvalue weighted by Crippen LogP contribution is -2.48. The van der Waals surface area contributed by atoms with Gasteiger partial charge in [-0.1, -0.05) is 78.9 Å². The van der Waals surface area contributed by atoms with Crippen molar-refractivity contribution >= 4 is 10.9 Å². The zero-order valence-electron chi connectivity index (χ0n) is 18.3. The first-order chi connectivity index (χ1) is 15.8. The maximum Gasteiger partial charge on any atom is 0.248 e. The summed E-state index contributed by atoms with van der Waals surface area (Å²) in [6, 6.07) is 31.8. The second-order valence-electron chi connectivity index (χ2n) is 8.56. The summed E-state index contributed by atoms with van der Waals surface area (Å²) in [5, 5.41) is 1.15. The first kappa shape index (κ1) is 20.7. The van der Waals surface area contributed by atoms with Crippen molar-refractivity contribution in [1.29, 1.82) is 0 Å². The van der Waals surface area contributed by atoms with Gasteiger partial charge in [0.05, 0.1) is 6.04 Å². The Morgan fingerprint density at radius 3 is 2.00 bits per heavy atom. The first-order valence-corrected chi connectivity index (χ1v) is 11.5. The Bertz CT molecular complexity index is 1170. The molecule has 0 radical (unpaired) electrons. The molecule has 1 saturated heterocycles. The van der Waals surface area contributed by atoms with Gasteiger partial charge in [0.15, 0.2) is 0 Å². The van der Waals surface area contributed by atoms with Gasteiger partial charge in [0.2, 0.25) is 5.56 Å². The maximum atomic E-state index is 12.1. The van der Waals surface area contributed by atoms with Gasteiger partial charge < -0.3 is 9.88 Å². The van der Waals surface area contributed by atoms with Crippen LogP contribution in [0.25, 0.3) is 10.9 Å². The number of pyridine rings is 1. The number of hydrogen-bond donors (Lipinski definition) is 1. The number of aromatic nitrogens is 1. The highest BCUT2D eigenvalue weighted by atomic mass is 16.1. The molecule has 1 fully saturated rings. The Balaban J connectivity index is 1.27. The van der Waals surface area contributed by atoms with E-state index in [1.54, 1.807) is 6.07 Å². The highest BCUT2D eigenvalue weighted by Gasteiger charge is 2.26. The summed E-state index contributed by atoms with van der Waals surface area (Å²) in [6.45, 7) is 5.12. The largest absolute Gasteiger partial charge is 0.322 e. The molecule has 5 rings (SSSR count). The predicted molar refractivity (Wildman–Crippen MR) is 131 cm³/mol. The summed E-state index contributed by atoms with van der Waals surface area (Å²) < 4.78 is 0. The average molecular weight is 424 g/mol. The van der Waals surface area contributed by atoms with E-state index in [9.17, 15) is 4.79 Å². The third-order valence-corrected chi connectivity index (χ3v) is 6.54. The van der Waals surface area contributed by atoms with Gasteiger partial charge in [-0.2, -0.15) is 0 Å². The molecule has 2 heterocycles. The van der Waals surface area contributed by atoms with E-state index >= 15 is 0 Å². The molecule has 1 aromatic heterocycles. The van der Waals surface area contributed by atoms with E-state index in [1.165, 1.54) is 11.1 Å². The molecule has 4 heteroatoms. The fraction of sp³-hybridized carbons (Fsp3) is 0.250. The van der Waals surface area contributed by atoms with Crippen molar-refractivity contribution in [2.45, 2.75) is 12.5 Å². The van der Waals surface area contributed by atoms with Crippen LogP contribution in [0.1, 0.15) is 22.7 Å². The summed E-state index contributed by atoms with van der Waals surface area (Å²) in [5.41, 5.74) is 4.74. The van der Waals surface area contributed by atoms with Crippen LogP contribution in [-0.4, -0.2) is 47.5 Å². The Hall–Kier alpha value is -3.21. The molecule has 4 aromatic rings. The lowest BCUT2D eigenvalue weighted by Gasteiger charge is -2.40. The number of benzene rings is 3. The molecule has 3 aromatic carbocycles. The van der Waals surface area contributed by atoms with Gasteiger partial charge in [0.25, 0.3) is 0 Å².